The van der Waals surface area contributed by atoms with Crippen molar-refractivity contribution < 1.29 is 23.9 Å². The molecular formula is C28H25NO5. The molecule has 0 saturated carbocycles. The molecule has 172 valence electrons. The first-order valence-corrected chi connectivity index (χ1v) is 11.0. The van der Waals surface area contributed by atoms with E-state index in [0.29, 0.717) is 5.56 Å². The van der Waals surface area contributed by atoms with Gasteiger partial charge in [-0.15, -0.1) is 0 Å². The van der Waals surface area contributed by atoms with Gasteiger partial charge in [0.1, 0.15) is 18.4 Å². The summed E-state index contributed by atoms with van der Waals surface area (Å²) in [5.74, 6) is -0.827. The van der Waals surface area contributed by atoms with Crippen molar-refractivity contribution in [3.05, 3.63) is 107 Å². The van der Waals surface area contributed by atoms with E-state index in [1.807, 2.05) is 30.3 Å². The third-order valence-electron chi connectivity index (χ3n) is 5.65. The molecule has 4 rings (SSSR count). The van der Waals surface area contributed by atoms with Crippen LogP contribution in [-0.4, -0.2) is 23.9 Å². The molecule has 0 radical (unpaired) electrons. The number of esters is 1. The number of hydrogen-bond acceptors (Lipinski definition) is 5. The predicted molar refractivity (Wildman–Crippen MR) is 128 cm³/mol. The number of benzene rings is 3. The highest BCUT2D eigenvalue weighted by molar-refractivity contribution is 6.04. The van der Waals surface area contributed by atoms with E-state index in [2.05, 4.69) is 23.5 Å². The van der Waals surface area contributed by atoms with Crippen molar-refractivity contribution in [2.24, 2.45) is 0 Å². The Bertz CT molecular complexity index is 1260. The third-order valence-corrected chi connectivity index (χ3v) is 5.65. The average Bonchev–Trinajstić information content (AvgIpc) is 3.22. The third kappa shape index (κ3) is 5.23. The van der Waals surface area contributed by atoms with Crippen LogP contribution < -0.4 is 5.32 Å². The second kappa shape index (κ2) is 10.2. The summed E-state index contributed by atoms with van der Waals surface area (Å²) < 4.78 is 10.6. The monoisotopic (exact) mass is 455 g/mol. The maximum Gasteiger partial charge on any atom is 0.408 e. The number of ether oxygens (including phenoxy) is 2. The Labute approximate surface area is 198 Å². The molecule has 3 aromatic carbocycles. The van der Waals surface area contributed by atoms with Crippen molar-refractivity contribution in [3.8, 4) is 11.1 Å². The molecule has 1 atom stereocenters. The molecule has 0 unspecified atom stereocenters. The maximum atomic E-state index is 12.3. The van der Waals surface area contributed by atoms with Crippen molar-refractivity contribution in [2.45, 2.75) is 32.9 Å². The number of rotatable bonds is 7. The lowest BCUT2D eigenvalue weighted by molar-refractivity contribution is -0.141. The van der Waals surface area contributed by atoms with E-state index in [9.17, 15) is 14.4 Å². The summed E-state index contributed by atoms with van der Waals surface area (Å²) >= 11 is 0. The lowest BCUT2D eigenvalue weighted by Gasteiger charge is -2.14. The van der Waals surface area contributed by atoms with Crippen LogP contribution in [0.3, 0.4) is 0 Å². The first-order valence-electron chi connectivity index (χ1n) is 11.0. The summed E-state index contributed by atoms with van der Waals surface area (Å²) in [6.07, 6.45) is 1.31. The zero-order valence-corrected chi connectivity index (χ0v) is 19.0. The number of carbonyl (C=O) groups is 3. The zero-order chi connectivity index (χ0) is 24.1. The number of amides is 1. The molecule has 6 heteroatoms. The summed E-state index contributed by atoms with van der Waals surface area (Å²) in [5, 5.41) is 2.48. The number of carbonyl (C=O) groups excluding carboxylic acids is 3. The number of nitrogens with one attached hydrogen (secondary N) is 1. The van der Waals surface area contributed by atoms with Crippen LogP contribution >= 0.6 is 0 Å². The van der Waals surface area contributed by atoms with Gasteiger partial charge in [-0.25, -0.2) is 9.59 Å². The van der Waals surface area contributed by atoms with Crippen LogP contribution in [0.2, 0.25) is 0 Å². The van der Waals surface area contributed by atoms with Crippen molar-refractivity contribution in [3.63, 3.8) is 0 Å². The smallest absolute Gasteiger partial charge is 0.408 e. The molecule has 6 nitrogen and oxygen atoms in total. The Balaban J connectivity index is 1.30. The molecular weight excluding hydrogens is 430 g/mol. The second-order valence-electron chi connectivity index (χ2n) is 8.13. The molecule has 0 aromatic heterocycles. The van der Waals surface area contributed by atoms with Crippen molar-refractivity contribution in [1.29, 1.82) is 0 Å². The van der Waals surface area contributed by atoms with E-state index in [1.54, 1.807) is 24.3 Å². The molecule has 0 spiro atoms. The largest absolute Gasteiger partial charge is 0.445 e. The fraction of sp³-hybridized carbons (Fsp3) is 0.179. The summed E-state index contributed by atoms with van der Waals surface area (Å²) in [7, 11) is 0. The van der Waals surface area contributed by atoms with Gasteiger partial charge in [0, 0.05) is 11.6 Å². The van der Waals surface area contributed by atoms with Gasteiger partial charge < -0.3 is 14.8 Å². The summed E-state index contributed by atoms with van der Waals surface area (Å²) in [6.45, 7) is 3.10. The topological polar surface area (TPSA) is 81.7 Å². The quantitative estimate of drug-likeness (QED) is 0.179. The molecule has 3 aromatic rings. The maximum absolute atomic E-state index is 12.3. The lowest BCUT2D eigenvalue weighted by atomic mass is 10.0. The zero-order valence-electron chi connectivity index (χ0n) is 19.0. The molecule has 0 saturated heterocycles. The molecule has 1 N–H and O–H groups in total. The number of fused-ring (bicyclic) bond motifs is 3. The summed E-state index contributed by atoms with van der Waals surface area (Å²) in [6, 6.07) is 21.9. The van der Waals surface area contributed by atoms with Crippen LogP contribution in [0.1, 0.15) is 40.9 Å². The van der Waals surface area contributed by atoms with Crippen LogP contribution in [0.4, 0.5) is 4.79 Å². The fourth-order valence-electron chi connectivity index (χ4n) is 3.93. The fourth-order valence-corrected chi connectivity index (χ4v) is 3.93. The Morgan fingerprint density at radius 1 is 0.941 bits per heavy atom. The molecule has 1 aliphatic rings. The number of hydrogen-bond donors (Lipinski definition) is 1. The van der Waals surface area contributed by atoms with Crippen LogP contribution in [0.25, 0.3) is 11.1 Å². The van der Waals surface area contributed by atoms with Gasteiger partial charge in [0.25, 0.3) is 0 Å². The first-order chi connectivity index (χ1) is 16.4. The number of allylic oxidation sites excluding steroid dienone is 2. The van der Waals surface area contributed by atoms with Crippen LogP contribution in [0, 0.1) is 0 Å². The van der Waals surface area contributed by atoms with Crippen molar-refractivity contribution in [1.82, 2.24) is 5.32 Å². The van der Waals surface area contributed by atoms with Gasteiger partial charge in [-0.2, -0.15) is 0 Å². The van der Waals surface area contributed by atoms with Gasteiger partial charge in [-0.1, -0.05) is 72.8 Å². The minimum atomic E-state index is -0.951. The highest BCUT2D eigenvalue weighted by atomic mass is 16.6. The summed E-state index contributed by atoms with van der Waals surface area (Å²) in [5.41, 5.74) is 6.17. The van der Waals surface area contributed by atoms with Gasteiger partial charge in [0.05, 0.1) is 0 Å². The normalized spacial score (nSPS) is 12.8. The molecule has 0 aliphatic heterocycles. The Morgan fingerprint density at radius 3 is 2.44 bits per heavy atom. The predicted octanol–water partition coefficient (Wildman–Crippen LogP) is 5.20. The Morgan fingerprint density at radius 2 is 1.65 bits per heavy atom. The van der Waals surface area contributed by atoms with Crippen LogP contribution in [0.15, 0.2) is 84.6 Å². The van der Waals surface area contributed by atoms with Gasteiger partial charge >= 0.3 is 12.1 Å². The Hall–Kier alpha value is -4.19. The van der Waals surface area contributed by atoms with E-state index < -0.39 is 18.1 Å². The van der Waals surface area contributed by atoms with E-state index in [-0.39, 0.29) is 18.1 Å². The van der Waals surface area contributed by atoms with Gasteiger partial charge in [0.15, 0.2) is 5.78 Å². The van der Waals surface area contributed by atoms with Crippen molar-refractivity contribution in [2.75, 3.05) is 0 Å². The van der Waals surface area contributed by atoms with E-state index in [1.165, 1.54) is 31.1 Å². The average molecular weight is 456 g/mol. The Kier molecular flexibility index (Phi) is 6.87. The SMILES string of the molecule is CC(=CC(=O)c1ccccc1)OC(=O)[C@H](C)NC(=O)OCc1cccc2c1Cc1ccccc1-2. The number of ketones is 1. The van der Waals surface area contributed by atoms with Crippen LogP contribution in [-0.2, 0) is 27.3 Å². The van der Waals surface area contributed by atoms with Crippen LogP contribution in [0.5, 0.6) is 0 Å². The van der Waals surface area contributed by atoms with Crippen molar-refractivity contribution >= 4 is 17.8 Å². The van der Waals surface area contributed by atoms with Gasteiger partial charge in [-0.3, -0.25) is 4.79 Å². The van der Waals surface area contributed by atoms with E-state index in [4.69, 9.17) is 9.47 Å². The minimum absolute atomic E-state index is 0.0925. The summed E-state index contributed by atoms with van der Waals surface area (Å²) in [4.78, 5) is 36.8. The molecule has 0 bridgehead atoms. The van der Waals surface area contributed by atoms with Gasteiger partial charge in [-0.05, 0) is 48.1 Å². The molecule has 34 heavy (non-hydrogen) atoms. The minimum Gasteiger partial charge on any atom is -0.445 e. The lowest BCUT2D eigenvalue weighted by Crippen LogP contribution is -2.39. The van der Waals surface area contributed by atoms with Gasteiger partial charge in [0.2, 0.25) is 0 Å². The highest BCUT2D eigenvalue weighted by Crippen LogP contribution is 2.38. The standard InChI is InChI=1S/C28H25NO5/c1-18(15-26(30)20-9-4-3-5-10-20)34-27(31)19(2)29-28(32)33-17-22-12-8-14-24-23-13-7-6-11-21(23)16-25(22)24/h3-15,19H,16-17H2,1-2H3,(H,29,32)/t19-/m0/s1. The molecule has 0 fully saturated rings. The molecule has 1 aliphatic carbocycles. The van der Waals surface area contributed by atoms with E-state index in [0.717, 1.165) is 23.1 Å². The molecule has 1 amide bonds. The highest BCUT2D eigenvalue weighted by Gasteiger charge is 2.22. The number of alkyl carbamates (subject to hydrolysis) is 1. The second-order valence-corrected chi connectivity index (χ2v) is 8.13. The van der Waals surface area contributed by atoms with E-state index >= 15 is 0 Å². The molecule has 0 heterocycles. The first kappa shape index (κ1) is 23.0.